The molecule has 10 heteroatoms. The lowest BCUT2D eigenvalue weighted by Crippen LogP contribution is -2.44. The lowest BCUT2D eigenvalue weighted by Gasteiger charge is -2.27. The van der Waals surface area contributed by atoms with Crippen molar-refractivity contribution in [3.8, 4) is 5.75 Å². The van der Waals surface area contributed by atoms with Crippen LogP contribution in [-0.2, 0) is 19.1 Å². The molecule has 4 rings (SSSR count). The molecule has 2 atom stereocenters. The molecule has 2 unspecified atom stereocenters. The van der Waals surface area contributed by atoms with E-state index in [-0.39, 0.29) is 23.1 Å². The van der Waals surface area contributed by atoms with Gasteiger partial charge in [0.1, 0.15) is 29.2 Å². The van der Waals surface area contributed by atoms with Crippen molar-refractivity contribution in [2.24, 2.45) is 0 Å². The van der Waals surface area contributed by atoms with Crippen LogP contribution < -0.4 is 9.64 Å². The van der Waals surface area contributed by atoms with Gasteiger partial charge in [0.05, 0.1) is 19.3 Å². The van der Waals surface area contributed by atoms with E-state index >= 15 is 0 Å². The number of nitrogens with zero attached hydrogens (tertiary/aromatic N) is 3. The number of aromatic nitrogens is 2. The number of aliphatic hydroxyl groups excluding tert-OH is 1. The molecule has 2 aliphatic rings. The first-order valence-electron chi connectivity index (χ1n) is 8.86. The number of amides is 1. The normalized spacial score (nSPS) is 25.6. The molecule has 0 saturated carbocycles. The minimum absolute atomic E-state index is 0.0650. The number of carbonyl (C=O) groups excluding carboxylic acids is 2. The summed E-state index contributed by atoms with van der Waals surface area (Å²) in [4.78, 5) is 27.0. The molecule has 0 radical (unpaired) electrons. The van der Waals surface area contributed by atoms with Gasteiger partial charge < -0.3 is 19.3 Å². The van der Waals surface area contributed by atoms with Crippen LogP contribution in [0.5, 0.6) is 5.75 Å². The van der Waals surface area contributed by atoms with Gasteiger partial charge in [-0.15, -0.1) is 10.2 Å². The second-order valence-corrected chi connectivity index (χ2v) is 7.84. The van der Waals surface area contributed by atoms with Crippen LogP contribution in [0.4, 0.5) is 5.13 Å². The van der Waals surface area contributed by atoms with Crippen molar-refractivity contribution in [2.75, 3.05) is 18.6 Å². The van der Waals surface area contributed by atoms with E-state index in [9.17, 15) is 14.7 Å². The molecular weight excluding hydrogens is 398 g/mol. The minimum atomic E-state index is -0.907. The number of ketones is 1. The second kappa shape index (κ2) is 7.21. The summed E-state index contributed by atoms with van der Waals surface area (Å²) in [6.45, 7) is 3.63. The monoisotopic (exact) mass is 417 g/mol. The molecule has 1 aromatic carbocycles. The highest BCUT2D eigenvalue weighted by molar-refractivity contribution is 7.13. The molecule has 1 aromatic heterocycles. The predicted molar refractivity (Wildman–Crippen MR) is 104 cm³/mol. The van der Waals surface area contributed by atoms with Gasteiger partial charge in [-0.25, -0.2) is 0 Å². The molecule has 0 bridgehead atoms. The van der Waals surface area contributed by atoms with Crippen molar-refractivity contribution in [3.63, 3.8) is 0 Å². The molecule has 2 aliphatic heterocycles. The van der Waals surface area contributed by atoms with Crippen LogP contribution in [0.2, 0.25) is 0 Å². The first-order chi connectivity index (χ1) is 13.8. The number of anilines is 1. The summed E-state index contributed by atoms with van der Waals surface area (Å²) in [6.07, 6.45) is -0.674. The van der Waals surface area contributed by atoms with Gasteiger partial charge in [0.2, 0.25) is 5.13 Å². The molecule has 9 nitrogen and oxygen atoms in total. The Morgan fingerprint density at radius 1 is 1.38 bits per heavy atom. The van der Waals surface area contributed by atoms with E-state index in [0.29, 0.717) is 11.3 Å². The van der Waals surface area contributed by atoms with Crippen molar-refractivity contribution in [1.29, 1.82) is 0 Å². The fourth-order valence-corrected chi connectivity index (χ4v) is 4.08. The fraction of sp³-hybridized carbons (Fsp3) is 0.368. The summed E-state index contributed by atoms with van der Waals surface area (Å²) in [6, 6.07) is 5.70. The van der Waals surface area contributed by atoms with Gasteiger partial charge in [-0.05, 0) is 26.0 Å². The first kappa shape index (κ1) is 19.5. The summed E-state index contributed by atoms with van der Waals surface area (Å²) in [5.74, 6) is -2.32. The third-order valence-corrected chi connectivity index (χ3v) is 5.46. The van der Waals surface area contributed by atoms with Crippen LogP contribution in [0.3, 0.4) is 0 Å². The number of benzene rings is 1. The average molecular weight is 417 g/mol. The van der Waals surface area contributed by atoms with Crippen LogP contribution in [0, 0.1) is 0 Å². The highest BCUT2D eigenvalue weighted by atomic mass is 32.1. The Labute approximate surface area is 170 Å². The number of carbonyl (C=O) groups is 2. The first-order valence-corrected chi connectivity index (χ1v) is 9.74. The van der Waals surface area contributed by atoms with E-state index in [0.717, 1.165) is 11.3 Å². The van der Waals surface area contributed by atoms with Gasteiger partial charge in [-0.2, -0.15) is 0 Å². The maximum atomic E-state index is 12.9. The molecule has 2 saturated heterocycles. The molecule has 2 fully saturated rings. The zero-order valence-electron chi connectivity index (χ0n) is 16.0. The van der Waals surface area contributed by atoms with E-state index in [2.05, 4.69) is 10.2 Å². The topological polar surface area (TPSA) is 111 Å². The molecule has 0 spiro atoms. The Hall–Kier alpha value is -2.82. The van der Waals surface area contributed by atoms with Crippen molar-refractivity contribution < 1.29 is 28.9 Å². The third-order valence-electron chi connectivity index (χ3n) is 4.77. The molecular formula is C19H19N3O6S. The number of methoxy groups -OCH3 is 1. The lowest BCUT2D eigenvalue weighted by atomic mass is 9.97. The molecule has 1 amide bonds. The van der Waals surface area contributed by atoms with Gasteiger partial charge in [0.25, 0.3) is 5.78 Å². The SMILES string of the molecule is COc1cccc(/C(O)=C2\C(=O)C(=O)N(c3nncs3)C2C2COC(C)(C)O2)c1. The van der Waals surface area contributed by atoms with Crippen LogP contribution in [0.1, 0.15) is 19.4 Å². The highest BCUT2D eigenvalue weighted by Crippen LogP contribution is 2.39. The van der Waals surface area contributed by atoms with Crippen molar-refractivity contribution >= 4 is 33.9 Å². The molecule has 29 heavy (non-hydrogen) atoms. The Kier molecular flexibility index (Phi) is 4.85. The predicted octanol–water partition coefficient (Wildman–Crippen LogP) is 1.95. The van der Waals surface area contributed by atoms with Crippen molar-refractivity contribution in [3.05, 3.63) is 40.9 Å². The van der Waals surface area contributed by atoms with E-state index < -0.39 is 29.6 Å². The summed E-state index contributed by atoms with van der Waals surface area (Å²) in [7, 11) is 1.50. The van der Waals surface area contributed by atoms with Gasteiger partial charge in [-0.3, -0.25) is 14.5 Å². The maximum Gasteiger partial charge on any atom is 0.301 e. The summed E-state index contributed by atoms with van der Waals surface area (Å²) in [5, 5.41) is 18.9. The molecule has 3 heterocycles. The number of aliphatic hydroxyl groups is 1. The van der Waals surface area contributed by atoms with E-state index in [1.807, 2.05) is 0 Å². The molecule has 2 aromatic rings. The number of hydrogen-bond acceptors (Lipinski definition) is 9. The largest absolute Gasteiger partial charge is 0.507 e. The average Bonchev–Trinajstić information content (AvgIpc) is 3.41. The van der Waals surface area contributed by atoms with Crippen molar-refractivity contribution in [1.82, 2.24) is 10.2 Å². The minimum Gasteiger partial charge on any atom is -0.507 e. The van der Waals surface area contributed by atoms with Crippen LogP contribution in [0.25, 0.3) is 5.76 Å². The smallest absolute Gasteiger partial charge is 0.301 e. The van der Waals surface area contributed by atoms with Crippen LogP contribution >= 0.6 is 11.3 Å². The van der Waals surface area contributed by atoms with E-state index in [4.69, 9.17) is 14.2 Å². The van der Waals surface area contributed by atoms with Gasteiger partial charge in [0.15, 0.2) is 5.79 Å². The number of hydrogen-bond donors (Lipinski definition) is 1. The Morgan fingerprint density at radius 3 is 2.79 bits per heavy atom. The van der Waals surface area contributed by atoms with Gasteiger partial charge in [0, 0.05) is 5.56 Å². The molecule has 1 N–H and O–H groups in total. The van der Waals surface area contributed by atoms with Crippen molar-refractivity contribution in [2.45, 2.75) is 31.8 Å². The number of rotatable bonds is 4. The van der Waals surface area contributed by atoms with E-state index in [1.165, 1.54) is 17.5 Å². The maximum absolute atomic E-state index is 12.9. The number of ether oxygens (including phenoxy) is 3. The Bertz CT molecular complexity index is 988. The second-order valence-electron chi connectivity index (χ2n) is 7.03. The third kappa shape index (κ3) is 3.39. The molecule has 0 aliphatic carbocycles. The molecule has 152 valence electrons. The zero-order valence-corrected chi connectivity index (χ0v) is 16.8. The summed E-state index contributed by atoms with van der Waals surface area (Å²) in [5.41, 5.74) is 1.75. The number of Topliss-reactive ketones (excluding diaryl/α,β-unsaturated/α-hetero) is 1. The zero-order chi connectivity index (χ0) is 20.8. The Morgan fingerprint density at radius 2 is 2.17 bits per heavy atom. The lowest BCUT2D eigenvalue weighted by molar-refractivity contribution is -0.140. The quantitative estimate of drug-likeness (QED) is 0.457. The summed E-state index contributed by atoms with van der Waals surface area (Å²) < 4.78 is 16.8. The standard InChI is InChI=1S/C19H19N3O6S/c1-19(2)27-8-12(28-19)14-13(15(23)10-5-4-6-11(7-10)26-3)16(24)17(25)22(14)18-21-20-9-29-18/h4-7,9,12,14,23H,8H2,1-3H3/b15-13+. The summed E-state index contributed by atoms with van der Waals surface area (Å²) >= 11 is 1.11. The van der Waals surface area contributed by atoms with Crippen LogP contribution in [0.15, 0.2) is 35.3 Å². The highest BCUT2D eigenvalue weighted by Gasteiger charge is 2.54. The fourth-order valence-electron chi connectivity index (χ4n) is 3.49. The van der Waals surface area contributed by atoms with Gasteiger partial charge in [-0.1, -0.05) is 23.5 Å². The van der Waals surface area contributed by atoms with Crippen LogP contribution in [-0.4, -0.2) is 58.6 Å². The van der Waals surface area contributed by atoms with E-state index in [1.54, 1.807) is 38.1 Å². The Balaban J connectivity index is 1.86. The van der Waals surface area contributed by atoms with Gasteiger partial charge >= 0.3 is 5.91 Å².